The first-order valence-corrected chi connectivity index (χ1v) is 6.53. The van der Waals surface area contributed by atoms with Crippen molar-refractivity contribution in [1.29, 1.82) is 0 Å². The van der Waals surface area contributed by atoms with Gasteiger partial charge in [-0.2, -0.15) is 4.98 Å². The van der Waals surface area contributed by atoms with E-state index in [4.69, 9.17) is 18.5 Å². The minimum absolute atomic E-state index is 0.102. The van der Waals surface area contributed by atoms with Crippen LogP contribution in [0.3, 0.4) is 0 Å². The van der Waals surface area contributed by atoms with Gasteiger partial charge in [0, 0.05) is 0 Å². The molecule has 102 valence electrons. The fourth-order valence-corrected chi connectivity index (χ4v) is 2.16. The highest BCUT2D eigenvalue weighted by atomic mass is 32.2. The molecule has 3 heterocycles. The van der Waals surface area contributed by atoms with Gasteiger partial charge in [0.2, 0.25) is 17.5 Å². The highest BCUT2D eigenvalue weighted by molar-refractivity contribution is 7.98. The summed E-state index contributed by atoms with van der Waals surface area (Å²) < 4.78 is 15.3. The summed E-state index contributed by atoms with van der Waals surface area (Å²) in [6.45, 7) is 0. The number of thioether (sulfide) groups is 1. The molecule has 3 aromatic heterocycles. The van der Waals surface area contributed by atoms with Crippen molar-refractivity contribution in [2.75, 3.05) is 0 Å². The van der Waals surface area contributed by atoms with Crippen LogP contribution in [0.4, 0.5) is 0 Å². The monoisotopic (exact) mass is 292 g/mol. The van der Waals surface area contributed by atoms with Crippen molar-refractivity contribution in [3.8, 4) is 11.6 Å². The van der Waals surface area contributed by atoms with E-state index in [1.54, 1.807) is 18.2 Å². The van der Waals surface area contributed by atoms with Gasteiger partial charge >= 0.3 is 5.97 Å². The van der Waals surface area contributed by atoms with Crippen molar-refractivity contribution < 1.29 is 23.3 Å². The zero-order valence-corrected chi connectivity index (χ0v) is 10.8. The third-order valence-corrected chi connectivity index (χ3v) is 3.23. The lowest BCUT2D eigenvalue weighted by molar-refractivity contribution is 0.0656. The summed E-state index contributed by atoms with van der Waals surface area (Å²) in [6.07, 6.45) is 1.52. The fourth-order valence-electron chi connectivity index (χ4n) is 1.46. The topological polar surface area (TPSA) is 102 Å². The molecule has 0 aromatic carbocycles. The fraction of sp³-hybridized carbons (Fsp3) is 0.0833. The van der Waals surface area contributed by atoms with E-state index in [1.165, 1.54) is 24.1 Å². The first-order valence-electron chi connectivity index (χ1n) is 5.55. The van der Waals surface area contributed by atoms with Gasteiger partial charge in [0.25, 0.3) is 0 Å². The van der Waals surface area contributed by atoms with E-state index in [-0.39, 0.29) is 5.76 Å². The molecule has 0 aliphatic heterocycles. The van der Waals surface area contributed by atoms with Crippen LogP contribution in [0, 0.1) is 0 Å². The third-order valence-electron chi connectivity index (χ3n) is 2.34. The summed E-state index contributed by atoms with van der Waals surface area (Å²) in [5, 5.41) is 13.0. The van der Waals surface area contributed by atoms with Gasteiger partial charge < -0.3 is 18.5 Å². The van der Waals surface area contributed by atoms with Crippen LogP contribution in [0.2, 0.25) is 0 Å². The first-order chi connectivity index (χ1) is 9.72. The Morgan fingerprint density at radius 2 is 2.25 bits per heavy atom. The smallest absolute Gasteiger partial charge is 0.371 e. The van der Waals surface area contributed by atoms with E-state index >= 15 is 0 Å². The van der Waals surface area contributed by atoms with Crippen LogP contribution in [0.1, 0.15) is 16.4 Å². The van der Waals surface area contributed by atoms with Crippen molar-refractivity contribution >= 4 is 17.7 Å². The summed E-state index contributed by atoms with van der Waals surface area (Å²) in [7, 11) is 0. The molecule has 0 bridgehead atoms. The maximum atomic E-state index is 10.7. The Morgan fingerprint density at radius 1 is 1.35 bits per heavy atom. The molecule has 0 unspecified atom stereocenters. The van der Waals surface area contributed by atoms with E-state index < -0.39 is 5.97 Å². The van der Waals surface area contributed by atoms with Gasteiger partial charge in [-0.1, -0.05) is 16.9 Å². The summed E-state index contributed by atoms with van der Waals surface area (Å²) in [5.41, 5.74) is 0. The number of carboxylic acid groups (broad SMARTS) is 1. The number of hydrogen-bond acceptors (Lipinski definition) is 7. The Bertz CT molecular complexity index is 716. The number of nitrogens with zero attached hydrogens (tertiary/aromatic N) is 2. The maximum Gasteiger partial charge on any atom is 0.371 e. The molecule has 0 amide bonds. The van der Waals surface area contributed by atoms with Crippen LogP contribution in [-0.2, 0) is 5.75 Å². The Hall–Kier alpha value is -2.48. The van der Waals surface area contributed by atoms with Gasteiger partial charge in [-0.3, -0.25) is 0 Å². The molecular weight excluding hydrogens is 284 g/mol. The molecule has 20 heavy (non-hydrogen) atoms. The highest BCUT2D eigenvalue weighted by Gasteiger charge is 2.13. The van der Waals surface area contributed by atoms with Crippen LogP contribution in [-0.4, -0.2) is 21.2 Å². The number of aromatic carboxylic acids is 1. The molecule has 1 N–H and O–H groups in total. The number of hydrogen-bond donors (Lipinski definition) is 1. The van der Waals surface area contributed by atoms with Crippen molar-refractivity contribution in [2.24, 2.45) is 0 Å². The van der Waals surface area contributed by atoms with E-state index in [0.717, 1.165) is 0 Å². The minimum Gasteiger partial charge on any atom is -0.475 e. The van der Waals surface area contributed by atoms with Crippen LogP contribution in [0.15, 0.2) is 49.0 Å². The third kappa shape index (κ3) is 2.59. The average Bonchev–Trinajstić information content (AvgIpc) is 3.17. The van der Waals surface area contributed by atoms with E-state index in [2.05, 4.69) is 10.1 Å². The quantitative estimate of drug-likeness (QED) is 0.716. The van der Waals surface area contributed by atoms with Gasteiger partial charge in [0.15, 0.2) is 10.9 Å². The molecule has 3 rings (SSSR count). The lowest BCUT2D eigenvalue weighted by Gasteiger charge is -1.91. The predicted molar refractivity (Wildman–Crippen MR) is 67.2 cm³/mol. The lowest BCUT2D eigenvalue weighted by Crippen LogP contribution is -1.91. The molecule has 0 saturated heterocycles. The number of aromatic nitrogens is 2. The van der Waals surface area contributed by atoms with E-state index in [0.29, 0.717) is 28.3 Å². The second-order valence-electron chi connectivity index (χ2n) is 3.70. The Labute approximate surface area is 116 Å². The van der Waals surface area contributed by atoms with Crippen molar-refractivity contribution in [3.63, 3.8) is 0 Å². The highest BCUT2D eigenvalue weighted by Crippen LogP contribution is 2.25. The molecule has 0 fully saturated rings. The largest absolute Gasteiger partial charge is 0.475 e. The van der Waals surface area contributed by atoms with Crippen molar-refractivity contribution in [1.82, 2.24) is 10.1 Å². The van der Waals surface area contributed by atoms with Crippen molar-refractivity contribution in [3.05, 3.63) is 42.2 Å². The second kappa shape index (κ2) is 5.25. The van der Waals surface area contributed by atoms with Crippen LogP contribution in [0.5, 0.6) is 0 Å². The van der Waals surface area contributed by atoms with Crippen LogP contribution < -0.4 is 0 Å². The molecule has 0 aliphatic carbocycles. The van der Waals surface area contributed by atoms with E-state index in [1.807, 2.05) is 0 Å². The van der Waals surface area contributed by atoms with Gasteiger partial charge in [-0.15, -0.1) is 0 Å². The molecule has 0 spiro atoms. The minimum atomic E-state index is -1.10. The van der Waals surface area contributed by atoms with Gasteiger partial charge in [0.05, 0.1) is 12.0 Å². The number of carbonyl (C=O) groups is 1. The zero-order valence-electron chi connectivity index (χ0n) is 9.98. The normalized spacial score (nSPS) is 10.8. The summed E-state index contributed by atoms with van der Waals surface area (Å²) in [6, 6.07) is 6.44. The van der Waals surface area contributed by atoms with Crippen LogP contribution in [0.25, 0.3) is 11.6 Å². The standard InChI is InChI=1S/C12H8N2O5S/c15-12(16)8-3-4-10(18-8)20-6-9-13-11(14-19-9)7-2-1-5-17-7/h1-5H,6H2,(H,15,16). The van der Waals surface area contributed by atoms with Crippen LogP contribution >= 0.6 is 11.8 Å². The number of carboxylic acids is 1. The first kappa shape index (κ1) is 12.5. The Balaban J connectivity index is 1.65. The molecule has 0 atom stereocenters. The summed E-state index contributed by atoms with van der Waals surface area (Å²) >= 11 is 1.27. The zero-order chi connectivity index (χ0) is 13.9. The lowest BCUT2D eigenvalue weighted by atomic mass is 10.4. The van der Waals surface area contributed by atoms with Crippen molar-refractivity contribution in [2.45, 2.75) is 10.8 Å². The predicted octanol–water partition coefficient (Wildman–Crippen LogP) is 2.91. The summed E-state index contributed by atoms with van der Waals surface area (Å²) in [5.74, 6) is 0.464. The molecular formula is C12H8N2O5S. The molecule has 3 aromatic rings. The summed E-state index contributed by atoms with van der Waals surface area (Å²) in [4.78, 5) is 14.8. The molecule has 8 heteroatoms. The van der Waals surface area contributed by atoms with Gasteiger partial charge in [-0.05, 0) is 24.3 Å². The Kier molecular flexibility index (Phi) is 3.30. The van der Waals surface area contributed by atoms with Gasteiger partial charge in [-0.25, -0.2) is 4.79 Å². The molecule has 0 aliphatic rings. The number of furan rings is 2. The number of rotatable bonds is 5. The van der Waals surface area contributed by atoms with E-state index in [9.17, 15) is 4.79 Å². The van der Waals surface area contributed by atoms with Gasteiger partial charge in [0.1, 0.15) is 0 Å². The molecule has 0 radical (unpaired) electrons. The average molecular weight is 292 g/mol. The second-order valence-corrected chi connectivity index (χ2v) is 4.68. The molecule has 0 saturated carbocycles. The SMILES string of the molecule is O=C(O)c1ccc(SCc2nc(-c3ccco3)no2)o1. The Morgan fingerprint density at radius 3 is 2.95 bits per heavy atom. The maximum absolute atomic E-state index is 10.7. The molecule has 7 nitrogen and oxygen atoms in total.